The van der Waals surface area contributed by atoms with Crippen molar-refractivity contribution in [2.45, 2.75) is 0 Å². The molecule has 6 heteroatoms. The normalized spacial score (nSPS) is 12.6. The number of halogens is 1. The summed E-state index contributed by atoms with van der Waals surface area (Å²) in [5, 5.41) is 4.08. The van der Waals surface area contributed by atoms with E-state index < -0.39 is 0 Å². The number of carbonyl (C=O) groups is 1. The molecule has 1 aliphatic heterocycles. The third kappa shape index (κ3) is 2.19. The van der Waals surface area contributed by atoms with Gasteiger partial charge < -0.3 is 14.8 Å². The van der Waals surface area contributed by atoms with Crippen molar-refractivity contribution >= 4 is 44.6 Å². The molecule has 0 spiro atoms. The second kappa shape index (κ2) is 5.19. The molecule has 0 unspecified atom stereocenters. The van der Waals surface area contributed by atoms with E-state index in [1.54, 1.807) is 0 Å². The summed E-state index contributed by atoms with van der Waals surface area (Å²) in [5.74, 6) is 1.11. The third-order valence-corrected chi connectivity index (χ3v) is 5.02. The molecule has 0 aliphatic carbocycles. The first-order valence-corrected chi connectivity index (χ1v) is 7.80. The van der Waals surface area contributed by atoms with Crippen molar-refractivity contribution in [3.8, 4) is 11.5 Å². The minimum absolute atomic E-state index is 0.214. The lowest BCUT2D eigenvalue weighted by atomic mass is 10.2. The van der Waals surface area contributed by atoms with E-state index in [4.69, 9.17) is 21.1 Å². The first-order chi connectivity index (χ1) is 10.7. The van der Waals surface area contributed by atoms with Crippen molar-refractivity contribution in [3.05, 3.63) is 52.4 Å². The lowest BCUT2D eigenvalue weighted by Gasteiger charge is -2.03. The van der Waals surface area contributed by atoms with Crippen LogP contribution in [0.3, 0.4) is 0 Å². The van der Waals surface area contributed by atoms with Crippen LogP contribution in [-0.2, 0) is 0 Å². The molecule has 4 nitrogen and oxygen atoms in total. The molecule has 0 fully saturated rings. The summed E-state index contributed by atoms with van der Waals surface area (Å²) in [4.78, 5) is 12.9. The van der Waals surface area contributed by atoms with Crippen molar-refractivity contribution in [1.82, 2.24) is 0 Å². The fourth-order valence-electron chi connectivity index (χ4n) is 2.31. The Morgan fingerprint density at radius 3 is 2.64 bits per heavy atom. The number of ether oxygens (including phenoxy) is 2. The van der Waals surface area contributed by atoms with Gasteiger partial charge in [0.25, 0.3) is 5.91 Å². The first-order valence-electron chi connectivity index (χ1n) is 6.60. The quantitative estimate of drug-likeness (QED) is 0.750. The van der Waals surface area contributed by atoms with E-state index in [-0.39, 0.29) is 12.7 Å². The fraction of sp³-hybridized carbons (Fsp3) is 0.0625. The highest BCUT2D eigenvalue weighted by atomic mass is 35.5. The Morgan fingerprint density at radius 1 is 1.14 bits per heavy atom. The largest absolute Gasteiger partial charge is 0.454 e. The highest BCUT2D eigenvalue weighted by Crippen LogP contribution is 2.43. The SMILES string of the molecule is O=C(Nc1ccccc1)c1sc2cc3c(cc2c1Cl)OCO3. The Hall–Kier alpha value is -2.24. The molecule has 0 saturated heterocycles. The third-order valence-electron chi connectivity index (χ3n) is 3.36. The summed E-state index contributed by atoms with van der Waals surface area (Å²) < 4.78 is 11.6. The Balaban J connectivity index is 1.73. The van der Waals surface area contributed by atoms with E-state index in [0.717, 1.165) is 15.8 Å². The number of benzene rings is 2. The average molecular weight is 332 g/mol. The van der Waals surface area contributed by atoms with Gasteiger partial charge in [-0.2, -0.15) is 0 Å². The molecule has 1 amide bonds. The molecule has 0 saturated carbocycles. The van der Waals surface area contributed by atoms with Crippen LogP contribution in [0.5, 0.6) is 11.5 Å². The van der Waals surface area contributed by atoms with E-state index in [2.05, 4.69) is 5.32 Å². The van der Waals surface area contributed by atoms with Crippen LogP contribution in [0.2, 0.25) is 5.02 Å². The van der Waals surface area contributed by atoms with Crippen LogP contribution >= 0.6 is 22.9 Å². The molecule has 3 aromatic rings. The maximum absolute atomic E-state index is 12.4. The van der Waals surface area contributed by atoms with Crippen molar-refractivity contribution in [2.75, 3.05) is 12.1 Å². The zero-order chi connectivity index (χ0) is 15.1. The fourth-order valence-corrected chi connectivity index (χ4v) is 3.73. The van der Waals surface area contributed by atoms with Gasteiger partial charge in [-0.05, 0) is 18.2 Å². The number of thiophene rings is 1. The second-order valence-corrected chi connectivity index (χ2v) is 6.20. The lowest BCUT2D eigenvalue weighted by molar-refractivity contribution is 0.103. The van der Waals surface area contributed by atoms with Gasteiger partial charge in [0, 0.05) is 21.8 Å². The smallest absolute Gasteiger partial charge is 0.267 e. The van der Waals surface area contributed by atoms with Gasteiger partial charge in [-0.25, -0.2) is 0 Å². The summed E-state index contributed by atoms with van der Waals surface area (Å²) in [7, 11) is 0. The lowest BCUT2D eigenvalue weighted by Crippen LogP contribution is -2.10. The number of nitrogens with one attached hydrogen (secondary N) is 1. The predicted molar refractivity (Wildman–Crippen MR) is 87.4 cm³/mol. The van der Waals surface area contributed by atoms with Gasteiger partial charge in [0.05, 0.1) is 5.02 Å². The molecule has 2 aromatic carbocycles. The number of anilines is 1. The highest BCUT2D eigenvalue weighted by Gasteiger charge is 2.21. The van der Waals surface area contributed by atoms with Crippen LogP contribution in [0.15, 0.2) is 42.5 Å². The van der Waals surface area contributed by atoms with Crippen LogP contribution in [0, 0.1) is 0 Å². The molecular formula is C16H10ClNO3S. The summed E-state index contributed by atoms with van der Waals surface area (Å²) in [5.41, 5.74) is 0.732. The Bertz CT molecular complexity index is 876. The van der Waals surface area contributed by atoms with Gasteiger partial charge in [-0.1, -0.05) is 29.8 Å². The van der Waals surface area contributed by atoms with Gasteiger partial charge in [0.1, 0.15) is 4.88 Å². The Kier molecular flexibility index (Phi) is 3.17. The number of rotatable bonds is 2. The van der Waals surface area contributed by atoms with Gasteiger partial charge in [-0.3, -0.25) is 4.79 Å². The highest BCUT2D eigenvalue weighted by molar-refractivity contribution is 7.21. The second-order valence-electron chi connectivity index (χ2n) is 4.77. The van der Waals surface area contributed by atoms with Gasteiger partial charge >= 0.3 is 0 Å². The van der Waals surface area contributed by atoms with Crippen LogP contribution in [0.1, 0.15) is 9.67 Å². The van der Waals surface area contributed by atoms with Gasteiger partial charge in [0.2, 0.25) is 6.79 Å². The molecule has 22 heavy (non-hydrogen) atoms. The first kappa shape index (κ1) is 13.4. The monoisotopic (exact) mass is 331 g/mol. The van der Waals surface area contributed by atoms with E-state index in [0.29, 0.717) is 21.4 Å². The summed E-state index contributed by atoms with van der Waals surface area (Å²) in [6.45, 7) is 0.214. The van der Waals surface area contributed by atoms with Gasteiger partial charge in [0.15, 0.2) is 11.5 Å². The summed E-state index contributed by atoms with van der Waals surface area (Å²) in [6, 6.07) is 12.9. The number of hydrogen-bond acceptors (Lipinski definition) is 4. The van der Waals surface area contributed by atoms with Gasteiger partial charge in [-0.15, -0.1) is 11.3 Å². The average Bonchev–Trinajstić information content (AvgIpc) is 3.11. The standard InChI is InChI=1S/C16H10ClNO3S/c17-14-10-6-11-12(21-8-20-11)7-13(10)22-15(14)16(19)18-9-4-2-1-3-5-9/h1-7H,8H2,(H,18,19). The number of para-hydroxylation sites is 1. The van der Waals surface area contributed by atoms with Crippen molar-refractivity contribution in [3.63, 3.8) is 0 Å². The molecule has 4 rings (SSSR count). The molecule has 0 radical (unpaired) electrons. The van der Waals surface area contributed by atoms with Crippen LogP contribution in [-0.4, -0.2) is 12.7 Å². The number of carbonyl (C=O) groups excluding carboxylic acids is 1. The zero-order valence-corrected chi connectivity index (χ0v) is 12.8. The van der Waals surface area contributed by atoms with Crippen LogP contribution in [0.25, 0.3) is 10.1 Å². The minimum atomic E-state index is -0.223. The zero-order valence-electron chi connectivity index (χ0n) is 11.3. The van der Waals surface area contributed by atoms with Crippen LogP contribution < -0.4 is 14.8 Å². The van der Waals surface area contributed by atoms with E-state index in [1.165, 1.54) is 11.3 Å². The number of hydrogen-bond donors (Lipinski definition) is 1. The Labute approximate surface area is 135 Å². The maximum Gasteiger partial charge on any atom is 0.267 e. The summed E-state index contributed by atoms with van der Waals surface area (Å²) in [6.07, 6.45) is 0. The maximum atomic E-state index is 12.4. The Morgan fingerprint density at radius 2 is 1.86 bits per heavy atom. The minimum Gasteiger partial charge on any atom is -0.454 e. The van der Waals surface area contributed by atoms with E-state index in [9.17, 15) is 4.79 Å². The molecular weight excluding hydrogens is 322 g/mol. The van der Waals surface area contributed by atoms with E-state index >= 15 is 0 Å². The molecule has 1 aromatic heterocycles. The molecule has 0 atom stereocenters. The van der Waals surface area contributed by atoms with E-state index in [1.807, 2.05) is 42.5 Å². The number of fused-ring (bicyclic) bond motifs is 2. The molecule has 2 heterocycles. The molecule has 0 bridgehead atoms. The topological polar surface area (TPSA) is 47.6 Å². The van der Waals surface area contributed by atoms with Crippen molar-refractivity contribution < 1.29 is 14.3 Å². The molecule has 1 N–H and O–H groups in total. The summed E-state index contributed by atoms with van der Waals surface area (Å²) >= 11 is 7.71. The van der Waals surface area contributed by atoms with Crippen LogP contribution in [0.4, 0.5) is 5.69 Å². The van der Waals surface area contributed by atoms with Crippen molar-refractivity contribution in [1.29, 1.82) is 0 Å². The predicted octanol–water partition coefficient (Wildman–Crippen LogP) is 4.54. The molecule has 1 aliphatic rings. The number of amides is 1. The molecule has 110 valence electrons. The van der Waals surface area contributed by atoms with Crippen molar-refractivity contribution in [2.24, 2.45) is 0 Å².